The maximum Gasteiger partial charge on any atom is 0.270 e. The molecule has 15 heavy (non-hydrogen) atoms. The van der Waals surface area contributed by atoms with Gasteiger partial charge in [-0.1, -0.05) is 0 Å². The van der Waals surface area contributed by atoms with Crippen LogP contribution in [0.4, 0.5) is 14.5 Å². The largest absolute Gasteiger partial charge is 0.388 e. The molecule has 1 aromatic heterocycles. The van der Waals surface area contributed by atoms with Gasteiger partial charge in [0.25, 0.3) is 12.3 Å². The number of rotatable bonds is 4. The number of hydrogen-bond donors (Lipinski definition) is 2. The van der Waals surface area contributed by atoms with Crippen molar-refractivity contribution in [3.8, 4) is 0 Å². The third kappa shape index (κ3) is 3.49. The van der Waals surface area contributed by atoms with Gasteiger partial charge in [0.05, 0.1) is 6.54 Å². The fraction of sp³-hybridized carbons (Fsp3) is 0.333. The van der Waals surface area contributed by atoms with E-state index in [2.05, 4.69) is 15.6 Å². The zero-order chi connectivity index (χ0) is 11.3. The first-order chi connectivity index (χ1) is 7.13. The minimum Gasteiger partial charge on any atom is -0.388 e. The minimum absolute atomic E-state index is 0.113. The van der Waals surface area contributed by atoms with Gasteiger partial charge in [0.15, 0.2) is 0 Å². The molecule has 0 fully saturated rings. The van der Waals surface area contributed by atoms with Crippen molar-refractivity contribution in [3.63, 3.8) is 0 Å². The number of hydrogen-bond acceptors (Lipinski definition) is 3. The van der Waals surface area contributed by atoms with Crippen LogP contribution in [0.2, 0.25) is 0 Å². The standard InChI is InChI=1S/C9H11F2N3O/c1-12-6-2-3-13-7(4-6)9(15)14-5-8(10)11/h2-4,8H,5H2,1H3,(H,12,13)(H,14,15). The summed E-state index contributed by atoms with van der Waals surface area (Å²) in [5, 5.41) is 4.89. The highest BCUT2D eigenvalue weighted by Gasteiger charge is 2.09. The van der Waals surface area contributed by atoms with E-state index in [1.807, 2.05) is 0 Å². The Hall–Kier alpha value is -1.72. The second-order valence-electron chi connectivity index (χ2n) is 2.78. The Kier molecular flexibility index (Phi) is 3.96. The Morgan fingerprint density at radius 1 is 1.60 bits per heavy atom. The van der Waals surface area contributed by atoms with E-state index in [1.165, 1.54) is 12.3 Å². The Labute approximate surface area is 85.7 Å². The lowest BCUT2D eigenvalue weighted by molar-refractivity contribution is 0.0887. The summed E-state index contributed by atoms with van der Waals surface area (Å²) < 4.78 is 23.6. The summed E-state index contributed by atoms with van der Waals surface area (Å²) in [5.41, 5.74) is 0.815. The van der Waals surface area contributed by atoms with Crippen molar-refractivity contribution >= 4 is 11.6 Å². The molecule has 1 heterocycles. The molecular formula is C9H11F2N3O. The molecule has 0 aliphatic carbocycles. The number of carbonyl (C=O) groups excluding carboxylic acids is 1. The van der Waals surface area contributed by atoms with Crippen molar-refractivity contribution in [3.05, 3.63) is 24.0 Å². The first-order valence-corrected chi connectivity index (χ1v) is 4.33. The zero-order valence-electron chi connectivity index (χ0n) is 8.13. The van der Waals surface area contributed by atoms with Gasteiger partial charge in [-0.2, -0.15) is 0 Å². The summed E-state index contributed by atoms with van der Waals surface area (Å²) in [6.45, 7) is -0.662. The van der Waals surface area contributed by atoms with Crippen LogP contribution in [0, 0.1) is 0 Å². The van der Waals surface area contributed by atoms with E-state index >= 15 is 0 Å². The molecule has 0 spiro atoms. The Bertz CT molecular complexity index is 344. The maximum absolute atomic E-state index is 11.8. The lowest BCUT2D eigenvalue weighted by Crippen LogP contribution is -2.29. The molecule has 0 atom stereocenters. The lowest BCUT2D eigenvalue weighted by atomic mass is 10.3. The van der Waals surface area contributed by atoms with Crippen LogP contribution >= 0.6 is 0 Å². The minimum atomic E-state index is -2.55. The number of amides is 1. The summed E-state index contributed by atoms with van der Waals surface area (Å²) in [6.07, 6.45) is -1.12. The lowest BCUT2D eigenvalue weighted by Gasteiger charge is -2.05. The van der Waals surface area contributed by atoms with Gasteiger partial charge in [0.2, 0.25) is 0 Å². The number of carbonyl (C=O) groups is 1. The van der Waals surface area contributed by atoms with Crippen LogP contribution in [0.25, 0.3) is 0 Å². The third-order valence-corrected chi connectivity index (χ3v) is 1.70. The van der Waals surface area contributed by atoms with Gasteiger partial charge < -0.3 is 10.6 Å². The molecule has 0 bridgehead atoms. The summed E-state index contributed by atoms with van der Waals surface area (Å²) >= 11 is 0. The van der Waals surface area contributed by atoms with Gasteiger partial charge in [0, 0.05) is 18.9 Å². The molecule has 0 aliphatic rings. The van der Waals surface area contributed by atoms with Gasteiger partial charge >= 0.3 is 0 Å². The third-order valence-electron chi connectivity index (χ3n) is 1.70. The van der Waals surface area contributed by atoms with E-state index in [0.717, 1.165) is 0 Å². The number of halogens is 2. The number of aromatic nitrogens is 1. The highest BCUT2D eigenvalue weighted by Crippen LogP contribution is 2.06. The van der Waals surface area contributed by atoms with E-state index in [0.29, 0.717) is 5.69 Å². The van der Waals surface area contributed by atoms with Crippen LogP contribution in [0.1, 0.15) is 10.5 Å². The summed E-state index contributed by atoms with van der Waals surface area (Å²) in [6, 6.07) is 3.16. The van der Waals surface area contributed by atoms with Crippen molar-refractivity contribution in [1.29, 1.82) is 0 Å². The smallest absolute Gasteiger partial charge is 0.270 e. The Morgan fingerprint density at radius 3 is 2.93 bits per heavy atom. The molecule has 2 N–H and O–H groups in total. The Balaban J connectivity index is 2.65. The van der Waals surface area contributed by atoms with Crippen LogP contribution in [-0.4, -0.2) is 30.9 Å². The zero-order valence-corrected chi connectivity index (χ0v) is 8.13. The fourth-order valence-electron chi connectivity index (χ4n) is 0.971. The number of anilines is 1. The van der Waals surface area contributed by atoms with Crippen LogP contribution in [-0.2, 0) is 0 Å². The van der Waals surface area contributed by atoms with Crippen LogP contribution in [0.15, 0.2) is 18.3 Å². The van der Waals surface area contributed by atoms with Crippen molar-refractivity contribution in [2.24, 2.45) is 0 Å². The van der Waals surface area contributed by atoms with Gasteiger partial charge in [-0.15, -0.1) is 0 Å². The highest BCUT2D eigenvalue weighted by molar-refractivity contribution is 5.93. The number of alkyl halides is 2. The number of nitrogens with one attached hydrogen (secondary N) is 2. The molecule has 1 aromatic rings. The molecule has 4 nitrogen and oxygen atoms in total. The molecule has 82 valence electrons. The van der Waals surface area contributed by atoms with Gasteiger partial charge in [0.1, 0.15) is 5.69 Å². The van der Waals surface area contributed by atoms with Crippen molar-refractivity contribution in [2.75, 3.05) is 18.9 Å². The normalized spacial score (nSPS) is 10.1. The van der Waals surface area contributed by atoms with E-state index in [9.17, 15) is 13.6 Å². The van der Waals surface area contributed by atoms with E-state index in [-0.39, 0.29) is 5.69 Å². The van der Waals surface area contributed by atoms with Crippen LogP contribution in [0.5, 0.6) is 0 Å². The first-order valence-electron chi connectivity index (χ1n) is 4.33. The van der Waals surface area contributed by atoms with E-state index in [1.54, 1.807) is 13.1 Å². The molecular weight excluding hydrogens is 204 g/mol. The van der Waals surface area contributed by atoms with E-state index in [4.69, 9.17) is 0 Å². The summed E-state index contributed by atoms with van der Waals surface area (Å²) in [5.74, 6) is -0.604. The topological polar surface area (TPSA) is 54.0 Å². The molecule has 0 saturated carbocycles. The quantitative estimate of drug-likeness (QED) is 0.791. The molecule has 6 heteroatoms. The number of pyridine rings is 1. The average Bonchev–Trinajstić information content (AvgIpc) is 2.26. The van der Waals surface area contributed by atoms with Crippen molar-refractivity contribution in [1.82, 2.24) is 10.3 Å². The predicted molar refractivity (Wildman–Crippen MR) is 52.1 cm³/mol. The van der Waals surface area contributed by atoms with E-state index < -0.39 is 18.9 Å². The molecule has 1 rings (SSSR count). The number of nitrogens with zero attached hydrogens (tertiary/aromatic N) is 1. The average molecular weight is 215 g/mol. The second-order valence-corrected chi connectivity index (χ2v) is 2.78. The molecule has 1 amide bonds. The molecule has 0 aliphatic heterocycles. The van der Waals surface area contributed by atoms with Crippen LogP contribution in [0.3, 0.4) is 0 Å². The second kappa shape index (κ2) is 5.23. The van der Waals surface area contributed by atoms with Gasteiger partial charge in [-0.25, -0.2) is 8.78 Å². The fourth-order valence-corrected chi connectivity index (χ4v) is 0.971. The van der Waals surface area contributed by atoms with Crippen molar-refractivity contribution < 1.29 is 13.6 Å². The Morgan fingerprint density at radius 2 is 2.33 bits per heavy atom. The monoisotopic (exact) mass is 215 g/mol. The predicted octanol–water partition coefficient (Wildman–Crippen LogP) is 1.12. The molecule has 0 unspecified atom stereocenters. The van der Waals surface area contributed by atoms with Gasteiger partial charge in [-0.05, 0) is 12.1 Å². The SMILES string of the molecule is CNc1ccnc(C(=O)NCC(F)F)c1. The van der Waals surface area contributed by atoms with Gasteiger partial charge in [-0.3, -0.25) is 9.78 Å². The highest BCUT2D eigenvalue weighted by atomic mass is 19.3. The molecule has 0 saturated heterocycles. The summed E-state index contributed by atoms with van der Waals surface area (Å²) in [7, 11) is 1.69. The first kappa shape index (κ1) is 11.4. The van der Waals surface area contributed by atoms with Crippen LogP contribution < -0.4 is 10.6 Å². The maximum atomic E-state index is 11.8. The summed E-state index contributed by atoms with van der Waals surface area (Å²) in [4.78, 5) is 15.1. The van der Waals surface area contributed by atoms with Crippen molar-refractivity contribution in [2.45, 2.75) is 6.43 Å². The molecule has 0 radical (unpaired) electrons. The molecule has 0 aromatic carbocycles.